The van der Waals surface area contributed by atoms with Crippen LogP contribution in [0.5, 0.6) is 5.75 Å². The zero-order valence-electron chi connectivity index (χ0n) is 13.8. The van der Waals surface area contributed by atoms with E-state index >= 15 is 0 Å². The first kappa shape index (κ1) is 17.0. The van der Waals surface area contributed by atoms with Crippen LogP contribution in [0.25, 0.3) is 0 Å². The lowest BCUT2D eigenvalue weighted by molar-refractivity contribution is 0.294. The van der Waals surface area contributed by atoms with Crippen molar-refractivity contribution in [3.8, 4) is 5.75 Å². The Bertz CT molecular complexity index is 387. The second-order valence-electron chi connectivity index (χ2n) is 5.83. The van der Waals surface area contributed by atoms with Crippen LogP contribution in [0.4, 0.5) is 0 Å². The van der Waals surface area contributed by atoms with Gasteiger partial charge in [-0.2, -0.15) is 0 Å². The first-order chi connectivity index (χ1) is 9.58. The summed E-state index contributed by atoms with van der Waals surface area (Å²) in [4.78, 5) is 0. The number of rotatable bonds is 9. The molecule has 1 rings (SSSR count). The fraction of sp³-hybridized carbons (Fsp3) is 0.667. The second-order valence-corrected chi connectivity index (χ2v) is 5.83. The lowest BCUT2D eigenvalue weighted by Crippen LogP contribution is -2.28. The van der Waals surface area contributed by atoms with Gasteiger partial charge in [-0.1, -0.05) is 33.8 Å². The number of ether oxygens (including phenoxy) is 1. The maximum atomic E-state index is 5.87. The van der Waals surface area contributed by atoms with Crippen molar-refractivity contribution in [2.24, 2.45) is 0 Å². The van der Waals surface area contributed by atoms with Crippen molar-refractivity contribution in [2.45, 2.75) is 65.8 Å². The van der Waals surface area contributed by atoms with Crippen LogP contribution in [0, 0.1) is 6.92 Å². The first-order valence-corrected chi connectivity index (χ1v) is 8.05. The highest BCUT2D eigenvalue weighted by Gasteiger charge is 2.06. The molecule has 0 fully saturated rings. The van der Waals surface area contributed by atoms with Gasteiger partial charge in [0.1, 0.15) is 5.75 Å². The van der Waals surface area contributed by atoms with Crippen LogP contribution in [0.1, 0.15) is 64.0 Å². The first-order valence-electron chi connectivity index (χ1n) is 8.05. The third kappa shape index (κ3) is 5.54. The maximum absolute atomic E-state index is 5.87. The molecule has 0 aliphatic heterocycles. The number of aryl methyl sites for hydroxylation is 1. The smallest absolute Gasteiger partial charge is 0.119 e. The minimum absolute atomic E-state index is 0.578. The molecule has 20 heavy (non-hydrogen) atoms. The highest BCUT2D eigenvalue weighted by Crippen LogP contribution is 2.23. The maximum Gasteiger partial charge on any atom is 0.119 e. The van der Waals surface area contributed by atoms with Gasteiger partial charge in [0, 0.05) is 6.04 Å². The van der Waals surface area contributed by atoms with Crippen LogP contribution in [0.15, 0.2) is 18.2 Å². The van der Waals surface area contributed by atoms with Gasteiger partial charge in [0.05, 0.1) is 6.61 Å². The van der Waals surface area contributed by atoms with Crippen LogP contribution in [0.2, 0.25) is 0 Å². The average Bonchev–Trinajstić information content (AvgIpc) is 2.42. The van der Waals surface area contributed by atoms with Crippen molar-refractivity contribution in [3.63, 3.8) is 0 Å². The van der Waals surface area contributed by atoms with Crippen LogP contribution in [0.3, 0.4) is 0 Å². The van der Waals surface area contributed by atoms with Gasteiger partial charge < -0.3 is 10.1 Å². The van der Waals surface area contributed by atoms with E-state index < -0.39 is 0 Å². The van der Waals surface area contributed by atoms with Crippen molar-refractivity contribution < 1.29 is 4.74 Å². The molecule has 2 heteroatoms. The minimum atomic E-state index is 0.578. The van der Waals surface area contributed by atoms with Gasteiger partial charge in [0.2, 0.25) is 0 Å². The molecule has 0 heterocycles. The molecule has 1 aromatic carbocycles. The summed E-state index contributed by atoms with van der Waals surface area (Å²) < 4.78 is 5.87. The van der Waals surface area contributed by atoms with Crippen molar-refractivity contribution in [3.05, 3.63) is 29.3 Å². The fourth-order valence-corrected chi connectivity index (χ4v) is 2.64. The van der Waals surface area contributed by atoms with E-state index in [0.29, 0.717) is 12.0 Å². The quantitative estimate of drug-likeness (QED) is 0.663. The molecule has 2 nitrogen and oxygen atoms in total. The van der Waals surface area contributed by atoms with E-state index in [9.17, 15) is 0 Å². The summed E-state index contributed by atoms with van der Waals surface area (Å²) in [5, 5.41) is 3.50. The predicted octanol–water partition coefficient (Wildman–Crippen LogP) is 4.67. The average molecular weight is 277 g/mol. The summed E-state index contributed by atoms with van der Waals surface area (Å²) in [6.45, 7) is 12.9. The highest BCUT2D eigenvalue weighted by atomic mass is 16.5. The van der Waals surface area contributed by atoms with E-state index in [1.54, 1.807) is 0 Å². The van der Waals surface area contributed by atoms with Gasteiger partial charge in [-0.3, -0.25) is 0 Å². The minimum Gasteiger partial charge on any atom is -0.494 e. The number of benzene rings is 1. The number of hydrogen-bond acceptors (Lipinski definition) is 2. The molecule has 1 atom stereocenters. The van der Waals surface area contributed by atoms with Crippen molar-refractivity contribution in [2.75, 3.05) is 13.2 Å². The Labute approximate surface area is 124 Å². The summed E-state index contributed by atoms with van der Waals surface area (Å²) in [6, 6.07) is 7.09. The lowest BCUT2D eigenvalue weighted by atomic mass is 9.98. The Morgan fingerprint density at radius 3 is 2.50 bits per heavy atom. The third-order valence-electron chi connectivity index (χ3n) is 3.81. The van der Waals surface area contributed by atoms with Gasteiger partial charge in [0.15, 0.2) is 0 Å². The van der Waals surface area contributed by atoms with Crippen LogP contribution >= 0.6 is 0 Å². The molecular formula is C18H31NO. The zero-order valence-corrected chi connectivity index (χ0v) is 13.8. The molecule has 0 aromatic heterocycles. The van der Waals surface area contributed by atoms with Gasteiger partial charge in [-0.25, -0.2) is 0 Å². The Kier molecular flexibility index (Phi) is 7.68. The SMILES string of the molecule is CCNC(CC)CCCOc1ccc(C(C)C)c(C)c1. The van der Waals surface area contributed by atoms with Gasteiger partial charge in [0.25, 0.3) is 0 Å². The molecule has 0 spiro atoms. The van der Waals surface area contributed by atoms with Crippen LogP contribution in [-0.2, 0) is 0 Å². The molecule has 0 radical (unpaired) electrons. The molecule has 0 saturated carbocycles. The third-order valence-corrected chi connectivity index (χ3v) is 3.81. The Morgan fingerprint density at radius 2 is 1.95 bits per heavy atom. The lowest BCUT2D eigenvalue weighted by Gasteiger charge is -2.16. The van der Waals surface area contributed by atoms with Gasteiger partial charge in [-0.05, 0) is 61.9 Å². The topological polar surface area (TPSA) is 21.3 Å². The summed E-state index contributed by atoms with van der Waals surface area (Å²) in [5.41, 5.74) is 2.74. The van der Waals surface area contributed by atoms with Crippen molar-refractivity contribution >= 4 is 0 Å². The van der Waals surface area contributed by atoms with Crippen molar-refractivity contribution in [1.82, 2.24) is 5.32 Å². The summed E-state index contributed by atoms with van der Waals surface area (Å²) in [5.74, 6) is 1.58. The molecule has 1 aromatic rings. The predicted molar refractivity (Wildman–Crippen MR) is 87.8 cm³/mol. The molecular weight excluding hydrogens is 246 g/mol. The van der Waals surface area contributed by atoms with E-state index in [2.05, 4.69) is 58.1 Å². The highest BCUT2D eigenvalue weighted by molar-refractivity contribution is 5.36. The molecule has 1 N–H and O–H groups in total. The molecule has 114 valence electrons. The summed E-state index contributed by atoms with van der Waals surface area (Å²) in [7, 11) is 0. The summed E-state index contributed by atoms with van der Waals surface area (Å²) in [6.07, 6.45) is 3.49. The largest absolute Gasteiger partial charge is 0.494 e. The zero-order chi connectivity index (χ0) is 15.0. The van der Waals surface area contributed by atoms with Crippen molar-refractivity contribution in [1.29, 1.82) is 0 Å². The number of hydrogen-bond donors (Lipinski definition) is 1. The monoisotopic (exact) mass is 277 g/mol. The van der Waals surface area contributed by atoms with E-state index in [1.807, 2.05) is 0 Å². The normalized spacial score (nSPS) is 12.7. The number of nitrogens with one attached hydrogen (secondary N) is 1. The fourth-order valence-electron chi connectivity index (χ4n) is 2.64. The molecule has 0 saturated heterocycles. The van der Waals surface area contributed by atoms with E-state index in [0.717, 1.165) is 25.3 Å². The van der Waals surface area contributed by atoms with Crippen LogP contribution in [-0.4, -0.2) is 19.2 Å². The Balaban J connectivity index is 2.37. The molecule has 1 unspecified atom stereocenters. The van der Waals surface area contributed by atoms with E-state index in [4.69, 9.17) is 4.74 Å². The molecule has 0 bridgehead atoms. The van der Waals surface area contributed by atoms with E-state index in [-0.39, 0.29) is 0 Å². The molecule has 0 amide bonds. The van der Waals surface area contributed by atoms with Crippen LogP contribution < -0.4 is 10.1 Å². The van der Waals surface area contributed by atoms with E-state index in [1.165, 1.54) is 24.0 Å². The second kappa shape index (κ2) is 9.02. The summed E-state index contributed by atoms with van der Waals surface area (Å²) >= 11 is 0. The standard InChI is InChI=1S/C18H31NO/c1-6-16(19-7-2)9-8-12-20-17-10-11-18(14(3)4)15(5)13-17/h10-11,13-14,16,19H,6-9,12H2,1-5H3. The Hall–Kier alpha value is -1.02. The van der Waals surface area contributed by atoms with Gasteiger partial charge >= 0.3 is 0 Å². The Morgan fingerprint density at radius 1 is 1.20 bits per heavy atom. The molecule has 0 aliphatic carbocycles. The van der Waals surface area contributed by atoms with Gasteiger partial charge in [-0.15, -0.1) is 0 Å². The molecule has 0 aliphatic rings.